The van der Waals surface area contributed by atoms with Crippen LogP contribution in [0.15, 0.2) is 212 Å². The van der Waals surface area contributed by atoms with Crippen molar-refractivity contribution in [2.24, 2.45) is 0 Å². The first-order valence-electron chi connectivity index (χ1n) is 31.8. The molecule has 2 aromatic heterocycles. The van der Waals surface area contributed by atoms with Gasteiger partial charge in [0.05, 0.1) is 22.4 Å². The van der Waals surface area contributed by atoms with Crippen LogP contribution >= 0.6 is 11.3 Å². The van der Waals surface area contributed by atoms with Gasteiger partial charge in [-0.15, -0.1) is 11.3 Å². The molecule has 0 N–H and O–H groups in total. The van der Waals surface area contributed by atoms with Crippen molar-refractivity contribution in [2.75, 3.05) is 14.7 Å². The number of fused-ring (bicyclic) bond motifs is 10. The minimum absolute atomic E-state index is 0.0171. The van der Waals surface area contributed by atoms with E-state index in [4.69, 9.17) is 0 Å². The maximum absolute atomic E-state index is 2.63. The number of aromatic nitrogens is 1. The number of para-hydroxylation sites is 2. The van der Waals surface area contributed by atoms with Crippen LogP contribution in [0.1, 0.15) is 107 Å². The normalized spacial score (nSPS) is 13.2. The Labute approximate surface area is 530 Å². The summed E-state index contributed by atoms with van der Waals surface area (Å²) >= 11 is 1.88. The average Bonchev–Trinajstić information content (AvgIpc) is 1.35. The first kappa shape index (κ1) is 56.4. The standard InChI is InChI=1S/C83H77BN4S/c1-50-40-74-78-75(41-50)88(80-51(2)42-56(43-52(80)3)55-28-36-67-66-25-19-21-27-76(66)89-77(67)46-55)71-39-31-58(82(9,10)11)47-69(71)84(78)68-38-35-63(49-73(68)87(74)61-32-29-57(30-33-61)81(6,7)8)85(79-53(4)44-59(45-54(79)5)83(12,13)14)62-34-37-65-64-24-18-20-26-70(64)86(72(65)48-62)60-22-16-15-17-23-60/h15-49H,1-14H3. The highest BCUT2D eigenvalue weighted by atomic mass is 32.1. The van der Waals surface area contributed by atoms with Gasteiger partial charge < -0.3 is 19.3 Å². The number of rotatable bonds is 7. The van der Waals surface area contributed by atoms with Gasteiger partial charge in [0.1, 0.15) is 0 Å². The minimum atomic E-state index is -0.0898. The first-order valence-corrected chi connectivity index (χ1v) is 32.6. The van der Waals surface area contributed by atoms with Gasteiger partial charge in [-0.25, -0.2) is 0 Å². The zero-order valence-electron chi connectivity index (χ0n) is 54.0. The molecule has 6 heteroatoms. The second kappa shape index (κ2) is 20.5. The van der Waals surface area contributed by atoms with Crippen molar-refractivity contribution in [3.63, 3.8) is 0 Å². The van der Waals surface area contributed by atoms with E-state index in [2.05, 4.69) is 329 Å². The van der Waals surface area contributed by atoms with Gasteiger partial charge in [0.25, 0.3) is 6.71 Å². The summed E-state index contributed by atoms with van der Waals surface area (Å²) in [7, 11) is 0. The molecule has 2 aliphatic heterocycles. The van der Waals surface area contributed by atoms with E-state index in [9.17, 15) is 0 Å². The molecule has 0 fully saturated rings. The lowest BCUT2D eigenvalue weighted by atomic mass is 9.33. The molecule has 438 valence electrons. The summed E-state index contributed by atoms with van der Waals surface area (Å²) in [5, 5.41) is 5.12. The van der Waals surface area contributed by atoms with E-state index >= 15 is 0 Å². The van der Waals surface area contributed by atoms with Crippen LogP contribution in [0.4, 0.5) is 51.2 Å². The van der Waals surface area contributed by atoms with Gasteiger partial charge >= 0.3 is 0 Å². The van der Waals surface area contributed by atoms with Crippen LogP contribution in [0, 0.1) is 34.6 Å². The summed E-state index contributed by atoms with van der Waals surface area (Å²) < 4.78 is 5.10. The molecule has 0 atom stereocenters. The molecule has 0 spiro atoms. The molecule has 0 unspecified atom stereocenters. The third kappa shape index (κ3) is 9.23. The van der Waals surface area contributed by atoms with Crippen LogP contribution in [0.25, 0.3) is 58.8 Å². The van der Waals surface area contributed by atoms with Crippen molar-refractivity contribution in [3.8, 4) is 16.8 Å². The zero-order valence-corrected chi connectivity index (χ0v) is 54.8. The van der Waals surface area contributed by atoms with Crippen LogP contribution in [0.5, 0.6) is 0 Å². The van der Waals surface area contributed by atoms with Gasteiger partial charge in [-0.3, -0.25) is 0 Å². The molecule has 13 aromatic rings. The lowest BCUT2D eigenvalue weighted by Gasteiger charge is -2.45. The molecular formula is C83H77BN4S. The molecule has 0 saturated heterocycles. The summed E-state index contributed by atoms with van der Waals surface area (Å²) in [6, 6.07) is 81.6. The Morgan fingerprint density at radius 1 is 0.371 bits per heavy atom. The van der Waals surface area contributed by atoms with Gasteiger partial charge in [0.2, 0.25) is 0 Å². The number of benzene rings is 11. The maximum atomic E-state index is 2.63. The Morgan fingerprint density at radius 2 is 0.955 bits per heavy atom. The highest BCUT2D eigenvalue weighted by Gasteiger charge is 2.45. The molecule has 0 saturated carbocycles. The predicted octanol–water partition coefficient (Wildman–Crippen LogP) is 21.8. The molecule has 89 heavy (non-hydrogen) atoms. The summed E-state index contributed by atoms with van der Waals surface area (Å²) in [5.74, 6) is 0. The molecule has 0 radical (unpaired) electrons. The first-order chi connectivity index (χ1) is 42.6. The van der Waals surface area contributed by atoms with E-state index in [1.165, 1.54) is 148 Å². The monoisotopic (exact) mass is 1170 g/mol. The van der Waals surface area contributed by atoms with Crippen LogP contribution in [0.3, 0.4) is 0 Å². The molecular weight excluding hydrogens is 1100 g/mol. The van der Waals surface area contributed by atoms with Crippen molar-refractivity contribution in [1.82, 2.24) is 4.57 Å². The highest BCUT2D eigenvalue weighted by molar-refractivity contribution is 7.25. The summed E-state index contributed by atoms with van der Waals surface area (Å²) in [5.41, 5.74) is 30.6. The number of hydrogen-bond donors (Lipinski definition) is 0. The number of anilines is 9. The molecule has 15 rings (SSSR count). The van der Waals surface area contributed by atoms with Crippen LogP contribution in [-0.4, -0.2) is 11.3 Å². The average molecular weight is 1170 g/mol. The van der Waals surface area contributed by atoms with Gasteiger partial charge in [-0.1, -0.05) is 178 Å². The predicted molar refractivity (Wildman–Crippen MR) is 388 cm³/mol. The number of thiophene rings is 1. The quantitative estimate of drug-likeness (QED) is 0.148. The highest BCUT2D eigenvalue weighted by Crippen LogP contribution is 2.51. The van der Waals surface area contributed by atoms with Crippen molar-refractivity contribution < 1.29 is 0 Å². The summed E-state index contributed by atoms with van der Waals surface area (Å²) in [6.45, 7) is 32.5. The van der Waals surface area contributed by atoms with E-state index in [1.54, 1.807) is 0 Å². The van der Waals surface area contributed by atoms with E-state index < -0.39 is 0 Å². The Bertz CT molecular complexity index is 4990. The van der Waals surface area contributed by atoms with Crippen molar-refractivity contribution >= 4 is 128 Å². The second-order valence-corrected chi connectivity index (χ2v) is 29.7. The Hall–Kier alpha value is -9.10. The van der Waals surface area contributed by atoms with Gasteiger partial charge in [0.15, 0.2) is 0 Å². The molecule has 0 bridgehead atoms. The fraction of sp³-hybridized carbons (Fsp3) is 0.205. The molecule has 0 aliphatic carbocycles. The van der Waals surface area contributed by atoms with Crippen LogP contribution in [-0.2, 0) is 16.2 Å². The SMILES string of the molecule is Cc1cc2c3c(c1)N(c1c(C)cc(-c4ccc5c(c4)sc4ccccc45)cc1C)c1ccc(C(C)(C)C)cc1B3c1ccc(N(c3ccc4c5ccccc5n(-c5ccccc5)c4c3)c3c(C)cc(C(C)(C)C)cc3C)cc1N2c1ccc(C(C)(C)C)cc1. The molecule has 11 aromatic carbocycles. The van der Waals surface area contributed by atoms with E-state index in [0.29, 0.717) is 0 Å². The van der Waals surface area contributed by atoms with Crippen molar-refractivity contribution in [3.05, 3.63) is 257 Å². The lowest BCUT2D eigenvalue weighted by molar-refractivity contribution is 0.589. The fourth-order valence-electron chi connectivity index (χ4n) is 14.8. The fourth-order valence-corrected chi connectivity index (χ4v) is 16.0. The number of aryl methyl sites for hydroxylation is 5. The topological polar surface area (TPSA) is 14.7 Å². The van der Waals surface area contributed by atoms with Gasteiger partial charge in [-0.2, -0.15) is 0 Å². The Kier molecular flexibility index (Phi) is 13.0. The van der Waals surface area contributed by atoms with E-state index in [0.717, 1.165) is 22.7 Å². The molecule has 4 heterocycles. The number of hydrogen-bond acceptors (Lipinski definition) is 4. The largest absolute Gasteiger partial charge is 0.311 e. The Balaban J connectivity index is 0.974. The smallest absolute Gasteiger partial charge is 0.252 e. The summed E-state index contributed by atoms with van der Waals surface area (Å²) in [6.07, 6.45) is 0. The summed E-state index contributed by atoms with van der Waals surface area (Å²) in [4.78, 5) is 7.80. The maximum Gasteiger partial charge on any atom is 0.252 e. The third-order valence-electron chi connectivity index (χ3n) is 19.2. The van der Waals surface area contributed by atoms with Crippen molar-refractivity contribution in [2.45, 2.75) is 113 Å². The second-order valence-electron chi connectivity index (χ2n) is 28.6. The van der Waals surface area contributed by atoms with Gasteiger partial charge in [0, 0.05) is 76.4 Å². The lowest BCUT2D eigenvalue weighted by Crippen LogP contribution is -2.61. The van der Waals surface area contributed by atoms with Crippen LogP contribution in [0.2, 0.25) is 0 Å². The zero-order chi connectivity index (χ0) is 61.7. The van der Waals surface area contributed by atoms with Gasteiger partial charge in [-0.05, 0) is 220 Å². The van der Waals surface area contributed by atoms with Crippen LogP contribution < -0.4 is 31.1 Å². The van der Waals surface area contributed by atoms with E-state index in [1.807, 2.05) is 11.3 Å². The minimum Gasteiger partial charge on any atom is -0.311 e. The third-order valence-corrected chi connectivity index (χ3v) is 20.4. The number of nitrogens with zero attached hydrogens (tertiary/aromatic N) is 4. The Morgan fingerprint density at radius 3 is 1.65 bits per heavy atom. The van der Waals surface area contributed by atoms with E-state index in [-0.39, 0.29) is 23.0 Å². The molecule has 4 nitrogen and oxygen atoms in total. The molecule has 0 amide bonds. The van der Waals surface area contributed by atoms with Crippen molar-refractivity contribution in [1.29, 1.82) is 0 Å². The molecule has 2 aliphatic rings.